The highest BCUT2D eigenvalue weighted by molar-refractivity contribution is 6.00. The van der Waals surface area contributed by atoms with Gasteiger partial charge in [0.15, 0.2) is 0 Å². The zero-order valence-corrected chi connectivity index (χ0v) is 22.3. The summed E-state index contributed by atoms with van der Waals surface area (Å²) in [5.74, 6) is -0.381. The lowest BCUT2D eigenvalue weighted by Gasteiger charge is -2.32. The molecule has 2 saturated carbocycles. The van der Waals surface area contributed by atoms with Crippen molar-refractivity contribution in [2.45, 2.75) is 62.6 Å². The molecule has 3 aliphatic rings. The first-order chi connectivity index (χ1) is 18.8. The number of amides is 4. The highest BCUT2D eigenvalue weighted by atomic mass is 16.5. The molecule has 1 aliphatic heterocycles. The lowest BCUT2D eigenvalue weighted by molar-refractivity contribution is -0.139. The van der Waals surface area contributed by atoms with E-state index in [2.05, 4.69) is 16.0 Å². The van der Waals surface area contributed by atoms with Gasteiger partial charge in [-0.25, -0.2) is 0 Å². The third-order valence-electron chi connectivity index (χ3n) is 7.83. The summed E-state index contributed by atoms with van der Waals surface area (Å²) in [4.78, 5) is 54.6. The molecule has 2 aromatic carbocycles. The molecule has 0 bridgehead atoms. The van der Waals surface area contributed by atoms with E-state index in [1.807, 2.05) is 30.3 Å². The smallest absolute Gasteiger partial charge is 0.255 e. The number of nitrogens with zero attached hydrogens (tertiary/aromatic N) is 1. The van der Waals surface area contributed by atoms with Crippen LogP contribution in [-0.4, -0.2) is 66.4 Å². The van der Waals surface area contributed by atoms with E-state index < -0.39 is 17.5 Å². The molecule has 0 radical (unpaired) electrons. The van der Waals surface area contributed by atoms with Crippen molar-refractivity contribution in [3.8, 4) is 5.75 Å². The lowest BCUT2D eigenvalue weighted by Crippen LogP contribution is -2.54. The van der Waals surface area contributed by atoms with Crippen molar-refractivity contribution >= 4 is 23.6 Å². The molecule has 0 unspecified atom stereocenters. The largest absolute Gasteiger partial charge is 0.491 e. The van der Waals surface area contributed by atoms with Crippen molar-refractivity contribution in [2.75, 3.05) is 20.2 Å². The van der Waals surface area contributed by atoms with Gasteiger partial charge in [-0.3, -0.25) is 19.2 Å². The Hall–Kier alpha value is -3.88. The Labute approximate surface area is 228 Å². The Morgan fingerprint density at radius 1 is 1.03 bits per heavy atom. The fourth-order valence-electron chi connectivity index (χ4n) is 4.98. The van der Waals surface area contributed by atoms with Crippen LogP contribution in [0, 0.1) is 5.92 Å². The summed E-state index contributed by atoms with van der Waals surface area (Å²) in [6, 6.07) is 15.5. The molecule has 4 amide bonds. The van der Waals surface area contributed by atoms with Crippen molar-refractivity contribution in [3.05, 3.63) is 65.7 Å². The van der Waals surface area contributed by atoms with Gasteiger partial charge in [0.25, 0.3) is 5.91 Å². The van der Waals surface area contributed by atoms with Gasteiger partial charge in [0.1, 0.15) is 23.9 Å². The van der Waals surface area contributed by atoms with Crippen molar-refractivity contribution in [3.63, 3.8) is 0 Å². The van der Waals surface area contributed by atoms with Crippen LogP contribution in [0.1, 0.15) is 54.4 Å². The fourth-order valence-corrected chi connectivity index (χ4v) is 4.98. The molecule has 206 valence electrons. The number of hydrogen-bond acceptors (Lipinski definition) is 5. The quantitative estimate of drug-likeness (QED) is 0.546. The van der Waals surface area contributed by atoms with Gasteiger partial charge in [-0.2, -0.15) is 0 Å². The molecule has 2 aromatic rings. The Morgan fingerprint density at radius 3 is 2.46 bits per heavy atom. The first kappa shape index (κ1) is 26.7. The summed E-state index contributed by atoms with van der Waals surface area (Å²) in [6.45, 7) is 0.709. The van der Waals surface area contributed by atoms with Gasteiger partial charge < -0.3 is 25.6 Å². The maximum absolute atomic E-state index is 13.7. The molecular weight excluding hydrogens is 496 g/mol. The van der Waals surface area contributed by atoms with Crippen LogP contribution in [0.3, 0.4) is 0 Å². The Morgan fingerprint density at radius 2 is 1.74 bits per heavy atom. The second-order valence-corrected chi connectivity index (χ2v) is 11.0. The summed E-state index contributed by atoms with van der Waals surface area (Å²) in [5.41, 5.74) is 0.401. The van der Waals surface area contributed by atoms with Crippen LogP contribution in [0.15, 0.2) is 54.6 Å². The number of likely N-dealkylation sites (N-methyl/N-ethyl adjacent to an activating group) is 1. The molecule has 0 saturated heterocycles. The summed E-state index contributed by atoms with van der Waals surface area (Å²) >= 11 is 0. The van der Waals surface area contributed by atoms with E-state index in [4.69, 9.17) is 4.74 Å². The zero-order valence-electron chi connectivity index (χ0n) is 22.3. The minimum atomic E-state index is -0.939. The topological polar surface area (TPSA) is 117 Å². The second-order valence-electron chi connectivity index (χ2n) is 11.0. The van der Waals surface area contributed by atoms with Gasteiger partial charge in [-0.1, -0.05) is 42.5 Å². The summed E-state index contributed by atoms with van der Waals surface area (Å²) in [6.07, 6.45) is 3.96. The first-order valence-corrected chi connectivity index (χ1v) is 13.8. The van der Waals surface area contributed by atoms with Crippen LogP contribution < -0.4 is 20.7 Å². The molecule has 0 aromatic heterocycles. The third kappa shape index (κ3) is 6.58. The number of hydrogen-bond donors (Lipinski definition) is 3. The van der Waals surface area contributed by atoms with E-state index in [9.17, 15) is 19.2 Å². The van der Waals surface area contributed by atoms with Crippen molar-refractivity contribution in [2.24, 2.45) is 5.92 Å². The van der Waals surface area contributed by atoms with E-state index in [0.29, 0.717) is 43.0 Å². The molecule has 1 heterocycles. The number of carbonyl (C=O) groups is 4. The zero-order chi connectivity index (χ0) is 27.4. The Balaban J connectivity index is 1.42. The lowest BCUT2D eigenvalue weighted by atomic mass is 10.0. The van der Waals surface area contributed by atoms with Crippen LogP contribution in [0.4, 0.5) is 0 Å². The summed E-state index contributed by atoms with van der Waals surface area (Å²) in [5, 5.41) is 8.67. The predicted molar refractivity (Wildman–Crippen MR) is 145 cm³/mol. The minimum Gasteiger partial charge on any atom is -0.491 e. The first-order valence-electron chi connectivity index (χ1n) is 13.8. The van der Waals surface area contributed by atoms with Gasteiger partial charge >= 0.3 is 0 Å². The van der Waals surface area contributed by atoms with Crippen LogP contribution in [0.2, 0.25) is 0 Å². The molecule has 2 fully saturated rings. The number of nitrogens with one attached hydrogen (secondary N) is 3. The van der Waals surface area contributed by atoms with E-state index in [1.165, 1.54) is 0 Å². The molecule has 9 nitrogen and oxygen atoms in total. The number of para-hydroxylation sites is 1. The molecule has 3 N–H and O–H groups in total. The van der Waals surface area contributed by atoms with Crippen molar-refractivity contribution < 1.29 is 23.9 Å². The van der Waals surface area contributed by atoms with Crippen LogP contribution in [0.25, 0.3) is 0 Å². The third-order valence-corrected chi connectivity index (χ3v) is 7.83. The molecule has 2 aliphatic carbocycles. The Bertz CT molecular complexity index is 1220. The van der Waals surface area contributed by atoms with E-state index in [0.717, 1.165) is 18.4 Å². The van der Waals surface area contributed by atoms with E-state index in [-0.39, 0.29) is 43.2 Å². The second kappa shape index (κ2) is 11.5. The average Bonchev–Trinajstić information content (AvgIpc) is 3.88. The molecule has 9 heteroatoms. The van der Waals surface area contributed by atoms with Crippen LogP contribution in [0.5, 0.6) is 5.75 Å². The standard InChI is InChI=1S/C30H36N4O5/c1-34-22(17-20-7-3-2-4-8-20)19-39-25-10-6-5-9-23(25)27(36)32-24(28(37)31-18-21-11-12-21)13-14-26(35)33-30(15-16-30)29(34)38/h2-10,21-22,24H,11-19H2,1H3,(H,31,37)(H,32,36)(H,33,35)/t22-,24-/m0/s1. The summed E-state index contributed by atoms with van der Waals surface area (Å²) < 4.78 is 6.19. The minimum absolute atomic E-state index is 0.00608. The highest BCUT2D eigenvalue weighted by Crippen LogP contribution is 2.38. The fraction of sp³-hybridized carbons (Fsp3) is 0.467. The number of benzene rings is 2. The van der Waals surface area contributed by atoms with Crippen LogP contribution >= 0.6 is 0 Å². The molecule has 2 atom stereocenters. The van der Waals surface area contributed by atoms with Gasteiger partial charge in [0, 0.05) is 20.0 Å². The maximum Gasteiger partial charge on any atom is 0.255 e. The SMILES string of the molecule is CN1C(=O)C2(CC2)NC(=O)CC[C@@H](C(=O)NCC2CC2)NC(=O)c2ccccc2OC[C@@H]1Cc1ccccc1. The number of rotatable bonds is 5. The van der Waals surface area contributed by atoms with Gasteiger partial charge in [-0.15, -0.1) is 0 Å². The summed E-state index contributed by atoms with van der Waals surface area (Å²) in [7, 11) is 1.74. The van der Waals surface area contributed by atoms with Crippen molar-refractivity contribution in [1.82, 2.24) is 20.9 Å². The predicted octanol–water partition coefficient (Wildman–Crippen LogP) is 2.20. The van der Waals surface area contributed by atoms with Gasteiger partial charge in [0.05, 0.1) is 11.6 Å². The Kier molecular flexibility index (Phi) is 7.86. The van der Waals surface area contributed by atoms with Crippen LogP contribution in [-0.2, 0) is 20.8 Å². The van der Waals surface area contributed by atoms with Crippen molar-refractivity contribution in [1.29, 1.82) is 0 Å². The normalized spacial score (nSPS) is 23.4. The number of carbonyl (C=O) groups excluding carboxylic acids is 4. The molecule has 5 rings (SSSR count). The number of ether oxygens (including phenoxy) is 1. The molecule has 39 heavy (non-hydrogen) atoms. The molecular formula is C30H36N4O5. The average molecular weight is 533 g/mol. The maximum atomic E-state index is 13.7. The van der Waals surface area contributed by atoms with E-state index in [1.54, 1.807) is 36.2 Å². The number of fused-ring (bicyclic) bond motifs is 1. The molecule has 1 spiro atoms. The highest BCUT2D eigenvalue weighted by Gasteiger charge is 2.53. The monoisotopic (exact) mass is 532 g/mol. The van der Waals surface area contributed by atoms with Gasteiger partial charge in [-0.05, 0) is 62.1 Å². The van der Waals surface area contributed by atoms with E-state index >= 15 is 0 Å². The van der Waals surface area contributed by atoms with Gasteiger partial charge in [0.2, 0.25) is 17.7 Å².